The number of hydrogen-bond acceptors (Lipinski definition) is 6. The van der Waals surface area contributed by atoms with Crippen LogP contribution in [-0.4, -0.2) is 31.6 Å². The fraction of sp³-hybridized carbons (Fsp3) is 0.130. The third-order valence-electron chi connectivity index (χ3n) is 4.49. The molecule has 0 bridgehead atoms. The van der Waals surface area contributed by atoms with Crippen molar-refractivity contribution in [3.05, 3.63) is 71.3 Å². The van der Waals surface area contributed by atoms with E-state index >= 15 is 4.39 Å². The fourth-order valence-corrected chi connectivity index (χ4v) is 2.99. The predicted molar refractivity (Wildman–Crippen MR) is 116 cm³/mol. The maximum Gasteiger partial charge on any atom is 0.573 e. The van der Waals surface area contributed by atoms with E-state index < -0.39 is 83.1 Å². The second-order valence-electron chi connectivity index (χ2n) is 7.17. The molecule has 0 aromatic heterocycles. The van der Waals surface area contributed by atoms with Gasteiger partial charge in [0.25, 0.3) is 11.8 Å². The van der Waals surface area contributed by atoms with Crippen molar-refractivity contribution in [1.82, 2.24) is 0 Å². The summed E-state index contributed by atoms with van der Waals surface area (Å²) < 4.78 is 144. The van der Waals surface area contributed by atoms with Gasteiger partial charge >= 0.3 is 12.7 Å². The van der Waals surface area contributed by atoms with E-state index in [1.165, 1.54) is 0 Å². The molecule has 0 saturated carbocycles. The number of rotatable bonds is 8. The van der Waals surface area contributed by atoms with Gasteiger partial charge in [0.2, 0.25) is 0 Å². The molecule has 3 aromatic carbocycles. The number of carbonyl (C=O) groups is 2. The summed E-state index contributed by atoms with van der Waals surface area (Å²) >= 11 is 0. The highest BCUT2D eigenvalue weighted by Crippen LogP contribution is 2.40. The number of nitrogens with two attached hydrogens (primary N) is 1. The monoisotopic (exact) mass is 569 g/mol. The van der Waals surface area contributed by atoms with Crippen LogP contribution in [0.1, 0.15) is 24.8 Å². The van der Waals surface area contributed by atoms with Gasteiger partial charge in [0.1, 0.15) is 22.9 Å². The highest BCUT2D eigenvalue weighted by molar-refractivity contribution is 6.07. The third kappa shape index (κ3) is 7.39. The van der Waals surface area contributed by atoms with Crippen molar-refractivity contribution >= 4 is 17.5 Å². The Hall–Kier alpha value is -4.76. The molecule has 3 rings (SSSR count). The van der Waals surface area contributed by atoms with Crippen molar-refractivity contribution < 1.29 is 67.8 Å². The van der Waals surface area contributed by atoms with E-state index in [0.29, 0.717) is 36.4 Å². The van der Waals surface area contributed by atoms with Gasteiger partial charge in [-0.3, -0.25) is 9.59 Å². The number of carbonyl (C=O) groups excluding carboxylic acids is 2. The maximum atomic E-state index is 15.2. The van der Waals surface area contributed by atoms with Crippen LogP contribution in [0.5, 0.6) is 28.7 Å². The molecule has 3 N–H and O–H groups in total. The van der Waals surface area contributed by atoms with E-state index in [1.807, 2.05) is 5.32 Å². The van der Waals surface area contributed by atoms with Crippen LogP contribution in [0.15, 0.2) is 48.5 Å². The fourth-order valence-electron chi connectivity index (χ4n) is 2.99. The molecule has 0 aliphatic heterocycles. The van der Waals surface area contributed by atoms with E-state index in [2.05, 4.69) is 14.2 Å². The van der Waals surface area contributed by atoms with E-state index in [4.69, 9.17) is 14.6 Å². The van der Waals surface area contributed by atoms with E-state index in [9.17, 15) is 40.3 Å². The number of amides is 2. The summed E-state index contributed by atoms with van der Waals surface area (Å²) in [6, 6.07) is 4.98. The largest absolute Gasteiger partial charge is 0.573 e. The van der Waals surface area contributed by atoms with Gasteiger partial charge < -0.3 is 30.0 Å². The van der Waals surface area contributed by atoms with Gasteiger partial charge in [-0.1, -0.05) is 0 Å². The van der Waals surface area contributed by atoms with Crippen LogP contribution in [0.3, 0.4) is 0 Å². The molecule has 0 fully saturated rings. The molecular weight excluding hydrogens is 552 g/mol. The van der Waals surface area contributed by atoms with Crippen molar-refractivity contribution in [2.45, 2.75) is 12.7 Å². The third-order valence-corrected chi connectivity index (χ3v) is 4.49. The topological polar surface area (TPSA) is 109 Å². The minimum absolute atomic E-state index is 0.378. The van der Waals surface area contributed by atoms with Gasteiger partial charge in [-0.15, -0.1) is 26.3 Å². The average Bonchev–Trinajstić information content (AvgIpc) is 2.80. The summed E-state index contributed by atoms with van der Waals surface area (Å²) in [5.74, 6) is -11.0. The van der Waals surface area contributed by atoms with E-state index in [0.717, 1.165) is 12.1 Å². The maximum absolute atomic E-state index is 15.2. The van der Waals surface area contributed by atoms with Crippen molar-refractivity contribution in [2.75, 3.05) is 12.4 Å². The zero-order chi connectivity index (χ0) is 31.6. The van der Waals surface area contributed by atoms with Gasteiger partial charge in [0.15, 0.2) is 23.1 Å². The summed E-state index contributed by atoms with van der Waals surface area (Å²) in [4.78, 5) is 24.4. The van der Waals surface area contributed by atoms with Crippen molar-refractivity contribution in [3.63, 3.8) is 0 Å². The quantitative estimate of drug-likeness (QED) is 0.327. The first-order valence-corrected chi connectivity index (χ1v) is 9.98. The van der Waals surface area contributed by atoms with Gasteiger partial charge in [-0.05, 0) is 42.5 Å². The Balaban J connectivity index is 2.11. The SMILES string of the molecule is [2H]C([2H])([2H])Oc1cc(OC(F)(F)F)ccc1Oc1ccc(OC(F)(F)F)c(F)c1C(=O)Nc1ccc(F)c(C(N)=O)c1. The lowest BCUT2D eigenvalue weighted by molar-refractivity contribution is -0.276. The number of hydrogen-bond donors (Lipinski definition) is 2. The van der Waals surface area contributed by atoms with Gasteiger partial charge in [-0.25, -0.2) is 8.78 Å². The summed E-state index contributed by atoms with van der Waals surface area (Å²) in [6.07, 6.45) is -10.6. The highest BCUT2D eigenvalue weighted by atomic mass is 19.4. The second kappa shape index (κ2) is 10.9. The first-order chi connectivity index (χ1) is 19.2. The Bertz CT molecular complexity index is 1510. The molecule has 0 spiro atoms. The molecule has 0 aliphatic rings. The molecule has 0 aliphatic carbocycles. The summed E-state index contributed by atoms with van der Waals surface area (Å²) in [5.41, 5.74) is 2.61. The summed E-state index contributed by atoms with van der Waals surface area (Å²) in [5, 5.41) is 1.99. The number of alkyl halides is 6. The van der Waals surface area contributed by atoms with Crippen LogP contribution >= 0.6 is 0 Å². The highest BCUT2D eigenvalue weighted by Gasteiger charge is 2.35. The van der Waals surface area contributed by atoms with Gasteiger partial charge in [-0.2, -0.15) is 0 Å². The van der Waals surface area contributed by atoms with Crippen molar-refractivity contribution in [3.8, 4) is 28.7 Å². The molecule has 39 heavy (non-hydrogen) atoms. The molecule has 0 radical (unpaired) electrons. The Morgan fingerprint density at radius 1 is 0.846 bits per heavy atom. The molecule has 208 valence electrons. The number of ether oxygens (including phenoxy) is 4. The second-order valence-corrected chi connectivity index (χ2v) is 7.17. The first-order valence-electron chi connectivity index (χ1n) is 11.5. The van der Waals surface area contributed by atoms with Crippen LogP contribution in [0.2, 0.25) is 0 Å². The summed E-state index contributed by atoms with van der Waals surface area (Å²) in [6.45, 7) is 0. The zero-order valence-corrected chi connectivity index (χ0v) is 18.7. The number of halogens is 8. The van der Waals surface area contributed by atoms with Gasteiger partial charge in [0, 0.05) is 11.8 Å². The smallest absolute Gasteiger partial charge is 0.493 e. The van der Waals surface area contributed by atoms with Crippen LogP contribution in [-0.2, 0) is 0 Å². The Labute approximate surface area is 217 Å². The van der Waals surface area contributed by atoms with Crippen LogP contribution < -0.4 is 30.0 Å². The van der Waals surface area contributed by atoms with E-state index in [1.54, 1.807) is 0 Å². The number of benzene rings is 3. The Morgan fingerprint density at radius 3 is 2.10 bits per heavy atom. The van der Waals surface area contributed by atoms with Crippen LogP contribution in [0, 0.1) is 11.6 Å². The minimum Gasteiger partial charge on any atom is -0.493 e. The molecule has 3 aromatic rings. The zero-order valence-electron chi connectivity index (χ0n) is 21.7. The summed E-state index contributed by atoms with van der Waals surface area (Å²) in [7, 11) is -3.29. The Kier molecular flexibility index (Phi) is 6.88. The number of anilines is 1. The molecular formula is C23H14F8N2O6. The molecule has 0 unspecified atom stereocenters. The normalized spacial score (nSPS) is 13.0. The lowest BCUT2D eigenvalue weighted by Crippen LogP contribution is -2.21. The molecule has 0 saturated heterocycles. The minimum atomic E-state index is -5.43. The van der Waals surface area contributed by atoms with Crippen LogP contribution in [0.25, 0.3) is 0 Å². The lowest BCUT2D eigenvalue weighted by Gasteiger charge is -2.18. The van der Waals surface area contributed by atoms with Gasteiger partial charge in [0.05, 0.1) is 16.7 Å². The number of primary amides is 1. The number of methoxy groups -OCH3 is 1. The van der Waals surface area contributed by atoms with Crippen molar-refractivity contribution in [2.24, 2.45) is 5.73 Å². The molecule has 16 heteroatoms. The first kappa shape index (κ1) is 24.6. The number of nitrogens with one attached hydrogen (secondary N) is 1. The molecule has 2 amide bonds. The molecule has 8 nitrogen and oxygen atoms in total. The predicted octanol–water partition coefficient (Wildman–Crippen LogP) is 5.91. The standard InChI is InChI=1S/C23H14F8N2O6/c1-36-17-9-11(38-22(26,27)28)3-5-14(17)37-15-6-7-16(39-23(29,30)31)19(25)18(15)21(35)33-10-2-4-13(24)12(8-10)20(32)34/h2-9H,1H3,(H2,32,34)(H,33,35)/i1D3. The van der Waals surface area contributed by atoms with Crippen molar-refractivity contribution in [1.29, 1.82) is 0 Å². The lowest BCUT2D eigenvalue weighted by atomic mass is 10.1. The Morgan fingerprint density at radius 2 is 1.49 bits per heavy atom. The molecule has 0 atom stereocenters. The molecule has 0 heterocycles. The van der Waals surface area contributed by atoms with Crippen LogP contribution in [0.4, 0.5) is 40.8 Å². The van der Waals surface area contributed by atoms with E-state index in [-0.39, 0.29) is 5.69 Å². The average molecular weight is 569 g/mol.